The lowest BCUT2D eigenvalue weighted by Crippen LogP contribution is -2.39. The molecule has 0 aliphatic rings. The number of nitrogens with one attached hydrogen (secondary N) is 2. The molecule has 17 heavy (non-hydrogen) atoms. The number of halogens is 1. The Balaban J connectivity index is 2.87. The van der Waals surface area contributed by atoms with Crippen molar-refractivity contribution in [1.29, 1.82) is 0 Å². The van der Waals surface area contributed by atoms with Gasteiger partial charge in [0.2, 0.25) is 0 Å². The number of benzene rings is 1. The number of amides is 1. The van der Waals surface area contributed by atoms with Crippen LogP contribution in [0, 0.1) is 0 Å². The van der Waals surface area contributed by atoms with E-state index in [0.717, 1.165) is 4.47 Å². The summed E-state index contributed by atoms with van der Waals surface area (Å²) < 4.78 is 5.92. The van der Waals surface area contributed by atoms with Gasteiger partial charge in [0.1, 0.15) is 5.75 Å². The third kappa shape index (κ3) is 3.98. The summed E-state index contributed by atoms with van der Waals surface area (Å²) in [5.41, 5.74) is 0.433. The SMILES string of the molecule is CCNC(=S)NC(=O)c1cc(Br)ccc1OC. The first-order chi connectivity index (χ1) is 8.08. The molecule has 0 saturated carbocycles. The molecule has 0 atom stereocenters. The van der Waals surface area contributed by atoms with E-state index in [1.54, 1.807) is 18.2 Å². The Morgan fingerprint density at radius 3 is 2.82 bits per heavy atom. The maximum atomic E-state index is 11.9. The number of methoxy groups -OCH3 is 1. The van der Waals surface area contributed by atoms with Gasteiger partial charge in [0.15, 0.2) is 5.11 Å². The van der Waals surface area contributed by atoms with Crippen LogP contribution in [0.3, 0.4) is 0 Å². The highest BCUT2D eigenvalue weighted by Gasteiger charge is 2.13. The minimum Gasteiger partial charge on any atom is -0.496 e. The predicted molar refractivity (Wildman–Crippen MR) is 74.4 cm³/mol. The van der Waals surface area contributed by atoms with E-state index in [9.17, 15) is 4.79 Å². The van der Waals surface area contributed by atoms with Crippen LogP contribution in [0.1, 0.15) is 17.3 Å². The van der Waals surface area contributed by atoms with Gasteiger partial charge in [-0.15, -0.1) is 0 Å². The number of hydrogen-bond donors (Lipinski definition) is 2. The molecule has 1 aromatic carbocycles. The Morgan fingerprint density at radius 1 is 1.53 bits per heavy atom. The second kappa shape index (κ2) is 6.56. The first-order valence-corrected chi connectivity index (χ1v) is 6.21. The van der Waals surface area contributed by atoms with Crippen LogP contribution < -0.4 is 15.4 Å². The van der Waals surface area contributed by atoms with E-state index in [-0.39, 0.29) is 5.91 Å². The average Bonchev–Trinajstić information content (AvgIpc) is 2.29. The zero-order chi connectivity index (χ0) is 12.8. The van der Waals surface area contributed by atoms with E-state index in [4.69, 9.17) is 17.0 Å². The van der Waals surface area contributed by atoms with E-state index in [1.165, 1.54) is 7.11 Å². The number of rotatable bonds is 3. The lowest BCUT2D eigenvalue weighted by atomic mass is 10.2. The highest BCUT2D eigenvalue weighted by molar-refractivity contribution is 9.10. The molecule has 1 rings (SSSR count). The van der Waals surface area contributed by atoms with Crippen LogP contribution in [-0.2, 0) is 0 Å². The van der Waals surface area contributed by atoms with Crippen LogP contribution in [0.2, 0.25) is 0 Å². The fourth-order valence-corrected chi connectivity index (χ4v) is 1.83. The second-order valence-corrected chi connectivity index (χ2v) is 4.48. The highest BCUT2D eigenvalue weighted by atomic mass is 79.9. The fraction of sp³-hybridized carbons (Fsp3) is 0.273. The number of carbonyl (C=O) groups is 1. The van der Waals surface area contributed by atoms with Crippen LogP contribution in [-0.4, -0.2) is 24.7 Å². The molecule has 92 valence electrons. The third-order valence-corrected chi connectivity index (χ3v) is 2.71. The first-order valence-electron chi connectivity index (χ1n) is 5.01. The van der Waals surface area contributed by atoms with Gasteiger partial charge in [0, 0.05) is 11.0 Å². The Morgan fingerprint density at radius 2 is 2.24 bits per heavy atom. The quantitative estimate of drug-likeness (QED) is 0.838. The monoisotopic (exact) mass is 316 g/mol. The normalized spacial score (nSPS) is 9.59. The molecule has 2 N–H and O–H groups in total. The topological polar surface area (TPSA) is 50.4 Å². The maximum absolute atomic E-state index is 11.9. The largest absolute Gasteiger partial charge is 0.496 e. The number of hydrogen-bond acceptors (Lipinski definition) is 3. The Labute approximate surface area is 114 Å². The minimum absolute atomic E-state index is 0.297. The van der Waals surface area contributed by atoms with Crippen molar-refractivity contribution in [2.24, 2.45) is 0 Å². The smallest absolute Gasteiger partial charge is 0.261 e. The van der Waals surface area contributed by atoms with Crippen LogP contribution in [0.4, 0.5) is 0 Å². The van der Waals surface area contributed by atoms with Gasteiger partial charge in [-0.1, -0.05) is 15.9 Å². The Bertz CT molecular complexity index is 437. The molecule has 0 aliphatic heterocycles. The second-order valence-electron chi connectivity index (χ2n) is 3.16. The molecule has 4 nitrogen and oxygen atoms in total. The number of ether oxygens (including phenoxy) is 1. The molecule has 0 bridgehead atoms. The number of carbonyl (C=O) groups excluding carboxylic acids is 1. The van der Waals surface area contributed by atoms with Crippen molar-refractivity contribution in [3.8, 4) is 5.75 Å². The van der Waals surface area contributed by atoms with Gasteiger partial charge in [-0.2, -0.15) is 0 Å². The summed E-state index contributed by atoms with van der Waals surface area (Å²) in [6.45, 7) is 2.56. The predicted octanol–water partition coefficient (Wildman–Crippen LogP) is 2.08. The van der Waals surface area contributed by atoms with Crippen molar-refractivity contribution in [1.82, 2.24) is 10.6 Å². The van der Waals surface area contributed by atoms with Crippen molar-refractivity contribution in [3.05, 3.63) is 28.2 Å². The molecule has 1 aromatic rings. The van der Waals surface area contributed by atoms with Crippen LogP contribution in [0.25, 0.3) is 0 Å². The van der Waals surface area contributed by atoms with Crippen molar-refractivity contribution >= 4 is 39.2 Å². The standard InChI is InChI=1S/C11H13BrN2O2S/c1-3-13-11(17)14-10(15)8-6-7(12)4-5-9(8)16-2/h4-6H,3H2,1-2H3,(H2,13,14,15,17). The molecule has 0 unspecified atom stereocenters. The van der Waals surface area contributed by atoms with Crippen molar-refractivity contribution in [2.45, 2.75) is 6.92 Å². The average molecular weight is 317 g/mol. The molecule has 0 radical (unpaired) electrons. The van der Waals surface area contributed by atoms with Crippen LogP contribution in [0.5, 0.6) is 5.75 Å². The maximum Gasteiger partial charge on any atom is 0.261 e. The molecule has 0 aliphatic carbocycles. The van der Waals surface area contributed by atoms with E-state index in [2.05, 4.69) is 26.6 Å². The zero-order valence-electron chi connectivity index (χ0n) is 9.54. The molecular formula is C11H13BrN2O2S. The minimum atomic E-state index is -0.297. The molecule has 0 heterocycles. The molecule has 1 amide bonds. The van der Waals surface area contributed by atoms with Gasteiger partial charge in [-0.05, 0) is 37.3 Å². The molecule has 0 aromatic heterocycles. The van der Waals surface area contributed by atoms with Gasteiger partial charge < -0.3 is 10.1 Å². The summed E-state index contributed by atoms with van der Waals surface area (Å²) in [5.74, 6) is 0.207. The van der Waals surface area contributed by atoms with E-state index >= 15 is 0 Å². The van der Waals surface area contributed by atoms with Crippen molar-refractivity contribution in [2.75, 3.05) is 13.7 Å². The molecule has 0 saturated heterocycles. The van der Waals surface area contributed by atoms with Crippen molar-refractivity contribution in [3.63, 3.8) is 0 Å². The van der Waals surface area contributed by atoms with Crippen LogP contribution >= 0.6 is 28.1 Å². The highest BCUT2D eigenvalue weighted by Crippen LogP contribution is 2.22. The van der Waals surface area contributed by atoms with Crippen molar-refractivity contribution < 1.29 is 9.53 Å². The van der Waals surface area contributed by atoms with Gasteiger partial charge in [0.05, 0.1) is 12.7 Å². The Hall–Kier alpha value is -1.14. The van der Waals surface area contributed by atoms with Gasteiger partial charge >= 0.3 is 0 Å². The zero-order valence-corrected chi connectivity index (χ0v) is 11.9. The summed E-state index contributed by atoms with van der Waals surface area (Å²) >= 11 is 8.25. The van der Waals surface area contributed by atoms with E-state index < -0.39 is 0 Å². The molecule has 6 heteroatoms. The van der Waals surface area contributed by atoms with Gasteiger partial charge in [-0.3, -0.25) is 10.1 Å². The Kier molecular flexibility index (Phi) is 5.37. The third-order valence-electron chi connectivity index (χ3n) is 1.97. The fourth-order valence-electron chi connectivity index (χ4n) is 1.23. The van der Waals surface area contributed by atoms with Gasteiger partial charge in [-0.25, -0.2) is 0 Å². The van der Waals surface area contributed by atoms with Crippen LogP contribution in [0.15, 0.2) is 22.7 Å². The van der Waals surface area contributed by atoms with E-state index in [1.807, 2.05) is 6.92 Å². The van der Waals surface area contributed by atoms with Gasteiger partial charge in [0.25, 0.3) is 5.91 Å². The van der Waals surface area contributed by atoms with E-state index in [0.29, 0.717) is 23.0 Å². The molecule has 0 spiro atoms. The number of thiocarbonyl (C=S) groups is 1. The molecular weight excluding hydrogens is 304 g/mol. The summed E-state index contributed by atoms with van der Waals surface area (Å²) in [6.07, 6.45) is 0. The lowest BCUT2D eigenvalue weighted by Gasteiger charge is -2.10. The summed E-state index contributed by atoms with van der Waals surface area (Å²) in [7, 11) is 1.52. The summed E-state index contributed by atoms with van der Waals surface area (Å²) in [4.78, 5) is 11.9. The summed E-state index contributed by atoms with van der Waals surface area (Å²) in [5, 5.41) is 5.73. The lowest BCUT2D eigenvalue weighted by molar-refractivity contribution is 0.0973. The first kappa shape index (κ1) is 13.9. The summed E-state index contributed by atoms with van der Waals surface area (Å²) in [6, 6.07) is 5.20. The molecule has 0 fully saturated rings.